The molecule has 3 atom stereocenters. The fraction of sp³-hybridized carbons (Fsp3) is 0.929. The molecule has 1 amide bonds. The van der Waals surface area contributed by atoms with E-state index in [1.165, 1.54) is 19.3 Å². The van der Waals surface area contributed by atoms with Crippen molar-refractivity contribution in [3.8, 4) is 0 Å². The van der Waals surface area contributed by atoms with Gasteiger partial charge in [0.1, 0.15) is 0 Å². The van der Waals surface area contributed by atoms with Crippen LogP contribution >= 0.6 is 0 Å². The van der Waals surface area contributed by atoms with Crippen LogP contribution in [0.3, 0.4) is 0 Å². The van der Waals surface area contributed by atoms with Gasteiger partial charge in [-0.1, -0.05) is 20.8 Å². The molecule has 1 aliphatic carbocycles. The number of nitrogens with one attached hydrogen (secondary N) is 2. The normalized spacial score (nSPS) is 26.2. The molecule has 1 saturated carbocycles. The molecule has 3 nitrogen and oxygen atoms in total. The van der Waals surface area contributed by atoms with Gasteiger partial charge in [0, 0.05) is 12.6 Å². The molecule has 3 heteroatoms. The van der Waals surface area contributed by atoms with E-state index in [4.69, 9.17) is 0 Å². The number of hydrogen-bond donors (Lipinski definition) is 2. The highest BCUT2D eigenvalue weighted by Crippen LogP contribution is 2.24. The zero-order valence-corrected chi connectivity index (χ0v) is 11.8. The minimum absolute atomic E-state index is 0.0579. The van der Waals surface area contributed by atoms with E-state index in [1.807, 2.05) is 6.92 Å². The molecule has 1 rings (SSSR count). The minimum atomic E-state index is -0.0579. The van der Waals surface area contributed by atoms with Crippen molar-refractivity contribution < 1.29 is 4.79 Å². The summed E-state index contributed by atoms with van der Waals surface area (Å²) in [6.45, 7) is 9.40. The lowest BCUT2D eigenvalue weighted by Crippen LogP contribution is -2.46. The molecule has 0 aromatic carbocycles. The van der Waals surface area contributed by atoms with E-state index in [0.29, 0.717) is 12.0 Å². The Morgan fingerprint density at radius 2 is 2.00 bits per heavy atom. The Balaban J connectivity index is 2.18. The Kier molecular flexibility index (Phi) is 5.96. The molecule has 0 spiro atoms. The number of carbonyl (C=O) groups is 1. The summed E-state index contributed by atoms with van der Waals surface area (Å²) in [4.78, 5) is 11.8. The van der Waals surface area contributed by atoms with E-state index < -0.39 is 0 Å². The van der Waals surface area contributed by atoms with Crippen molar-refractivity contribution in [2.24, 2.45) is 11.8 Å². The molecule has 0 saturated heterocycles. The van der Waals surface area contributed by atoms with Crippen molar-refractivity contribution in [1.29, 1.82) is 0 Å². The maximum atomic E-state index is 11.8. The molecule has 1 fully saturated rings. The van der Waals surface area contributed by atoms with Crippen LogP contribution in [0.2, 0.25) is 0 Å². The first-order valence-corrected chi connectivity index (χ1v) is 7.02. The SMILES string of the molecule is CC(C)CCNC(=O)C(C)NC1CCC(C)C1. The van der Waals surface area contributed by atoms with Gasteiger partial charge in [-0.2, -0.15) is 0 Å². The largest absolute Gasteiger partial charge is 0.355 e. The van der Waals surface area contributed by atoms with Gasteiger partial charge in [-0.25, -0.2) is 0 Å². The second-order valence-electron chi connectivity index (χ2n) is 5.98. The van der Waals surface area contributed by atoms with Crippen LogP contribution in [0.15, 0.2) is 0 Å². The maximum Gasteiger partial charge on any atom is 0.236 e. The molecule has 3 unspecified atom stereocenters. The number of hydrogen-bond acceptors (Lipinski definition) is 2. The fourth-order valence-corrected chi connectivity index (χ4v) is 2.42. The molecule has 2 N–H and O–H groups in total. The van der Waals surface area contributed by atoms with Gasteiger partial charge >= 0.3 is 0 Å². The summed E-state index contributed by atoms with van der Waals surface area (Å²) in [5, 5.41) is 6.43. The third kappa shape index (κ3) is 5.53. The van der Waals surface area contributed by atoms with E-state index in [1.54, 1.807) is 0 Å². The smallest absolute Gasteiger partial charge is 0.236 e. The standard InChI is InChI=1S/C14H28N2O/c1-10(2)7-8-15-14(17)12(4)16-13-6-5-11(3)9-13/h10-13,16H,5-9H2,1-4H3,(H,15,17). The Morgan fingerprint density at radius 3 is 2.53 bits per heavy atom. The molecule has 0 heterocycles. The Morgan fingerprint density at radius 1 is 1.29 bits per heavy atom. The number of amides is 1. The van der Waals surface area contributed by atoms with Gasteiger partial charge < -0.3 is 10.6 Å². The summed E-state index contributed by atoms with van der Waals surface area (Å²) in [6, 6.07) is 0.480. The lowest BCUT2D eigenvalue weighted by Gasteiger charge is -2.19. The predicted octanol–water partition coefficient (Wildman–Crippen LogP) is 2.32. The Hall–Kier alpha value is -0.570. The van der Waals surface area contributed by atoms with Crippen molar-refractivity contribution in [2.45, 2.75) is 65.5 Å². The average Bonchev–Trinajstić information content (AvgIpc) is 2.63. The highest BCUT2D eigenvalue weighted by molar-refractivity contribution is 5.81. The molecule has 100 valence electrons. The van der Waals surface area contributed by atoms with E-state index in [-0.39, 0.29) is 11.9 Å². The monoisotopic (exact) mass is 240 g/mol. The maximum absolute atomic E-state index is 11.8. The summed E-state index contributed by atoms with van der Waals surface area (Å²) in [6.07, 6.45) is 4.77. The van der Waals surface area contributed by atoms with Crippen LogP contribution in [-0.4, -0.2) is 24.5 Å². The van der Waals surface area contributed by atoms with Crippen molar-refractivity contribution in [3.63, 3.8) is 0 Å². The second kappa shape index (κ2) is 7.00. The first-order valence-electron chi connectivity index (χ1n) is 7.02. The van der Waals surface area contributed by atoms with Gasteiger partial charge in [-0.15, -0.1) is 0 Å². The molecule has 0 aromatic heterocycles. The lowest BCUT2D eigenvalue weighted by molar-refractivity contribution is -0.122. The third-order valence-electron chi connectivity index (χ3n) is 3.59. The van der Waals surface area contributed by atoms with Crippen molar-refractivity contribution in [3.05, 3.63) is 0 Å². The van der Waals surface area contributed by atoms with Crippen LogP contribution in [0.25, 0.3) is 0 Å². The van der Waals surface area contributed by atoms with Gasteiger partial charge in [0.15, 0.2) is 0 Å². The topological polar surface area (TPSA) is 41.1 Å². The Labute approximate surface area is 106 Å². The number of rotatable bonds is 6. The van der Waals surface area contributed by atoms with E-state index in [2.05, 4.69) is 31.4 Å². The second-order valence-corrected chi connectivity index (χ2v) is 5.98. The van der Waals surface area contributed by atoms with Crippen molar-refractivity contribution in [2.75, 3.05) is 6.54 Å². The molecule has 0 aromatic rings. The first kappa shape index (κ1) is 14.5. The molecule has 1 aliphatic rings. The van der Waals surface area contributed by atoms with Gasteiger partial charge in [-0.05, 0) is 44.4 Å². The first-order chi connectivity index (χ1) is 7.99. The molecule has 0 bridgehead atoms. The van der Waals surface area contributed by atoms with Gasteiger partial charge in [0.05, 0.1) is 6.04 Å². The summed E-state index contributed by atoms with van der Waals surface area (Å²) < 4.78 is 0. The Bertz CT molecular complexity index is 240. The minimum Gasteiger partial charge on any atom is -0.355 e. The summed E-state index contributed by atoms with van der Waals surface area (Å²) in [7, 11) is 0. The van der Waals surface area contributed by atoms with Crippen LogP contribution in [-0.2, 0) is 4.79 Å². The average molecular weight is 240 g/mol. The summed E-state index contributed by atoms with van der Waals surface area (Å²) in [5.74, 6) is 1.60. The van der Waals surface area contributed by atoms with Gasteiger partial charge in [-0.3, -0.25) is 4.79 Å². The predicted molar refractivity (Wildman–Crippen MR) is 71.9 cm³/mol. The zero-order valence-electron chi connectivity index (χ0n) is 11.8. The summed E-state index contributed by atoms with van der Waals surface area (Å²) in [5.41, 5.74) is 0. The van der Waals surface area contributed by atoms with Crippen LogP contribution in [0.1, 0.15) is 53.4 Å². The fourth-order valence-electron chi connectivity index (χ4n) is 2.42. The molecular formula is C14H28N2O. The lowest BCUT2D eigenvalue weighted by atomic mass is 10.1. The van der Waals surface area contributed by atoms with Gasteiger partial charge in [0.25, 0.3) is 0 Å². The van der Waals surface area contributed by atoms with Crippen LogP contribution < -0.4 is 10.6 Å². The quantitative estimate of drug-likeness (QED) is 0.748. The van der Waals surface area contributed by atoms with Crippen LogP contribution in [0.4, 0.5) is 0 Å². The zero-order chi connectivity index (χ0) is 12.8. The highest BCUT2D eigenvalue weighted by atomic mass is 16.2. The van der Waals surface area contributed by atoms with Crippen LogP contribution in [0.5, 0.6) is 0 Å². The molecule has 0 aliphatic heterocycles. The number of carbonyl (C=O) groups excluding carboxylic acids is 1. The highest BCUT2D eigenvalue weighted by Gasteiger charge is 2.24. The van der Waals surface area contributed by atoms with Gasteiger partial charge in [0.2, 0.25) is 5.91 Å². The molecule has 0 radical (unpaired) electrons. The van der Waals surface area contributed by atoms with E-state index in [0.717, 1.165) is 18.9 Å². The van der Waals surface area contributed by atoms with Crippen molar-refractivity contribution >= 4 is 5.91 Å². The molecule has 17 heavy (non-hydrogen) atoms. The molecular weight excluding hydrogens is 212 g/mol. The van der Waals surface area contributed by atoms with E-state index >= 15 is 0 Å². The van der Waals surface area contributed by atoms with Crippen molar-refractivity contribution in [1.82, 2.24) is 10.6 Å². The summed E-state index contributed by atoms with van der Waals surface area (Å²) >= 11 is 0. The third-order valence-corrected chi connectivity index (χ3v) is 3.59. The van der Waals surface area contributed by atoms with Crippen LogP contribution in [0, 0.1) is 11.8 Å². The van der Waals surface area contributed by atoms with E-state index in [9.17, 15) is 4.79 Å².